The van der Waals surface area contributed by atoms with Crippen molar-refractivity contribution in [3.63, 3.8) is 0 Å². The SMILES string of the molecule is COC(=O)[C@H]1CCN(C(=O)c2cc3cc(C)cc(NC4CCOCC4)c3[nH]2)C1. The lowest BCUT2D eigenvalue weighted by atomic mass is 10.1. The molecule has 1 amide bonds. The Labute approximate surface area is 164 Å². The molecule has 7 heteroatoms. The molecule has 1 atom stereocenters. The molecular weight excluding hydrogens is 358 g/mol. The highest BCUT2D eigenvalue weighted by molar-refractivity contribution is 6.01. The first-order valence-electron chi connectivity index (χ1n) is 9.90. The molecule has 3 heterocycles. The number of nitrogens with zero attached hydrogens (tertiary/aromatic N) is 1. The van der Waals surface area contributed by atoms with E-state index in [0.717, 1.165) is 48.2 Å². The van der Waals surface area contributed by atoms with Crippen LogP contribution < -0.4 is 5.32 Å². The summed E-state index contributed by atoms with van der Waals surface area (Å²) >= 11 is 0. The fraction of sp³-hybridized carbons (Fsp3) is 0.524. The average molecular weight is 385 g/mol. The second kappa shape index (κ2) is 7.83. The summed E-state index contributed by atoms with van der Waals surface area (Å²) in [6.45, 7) is 4.59. The summed E-state index contributed by atoms with van der Waals surface area (Å²) in [5.41, 5.74) is 3.67. The van der Waals surface area contributed by atoms with Crippen LogP contribution >= 0.6 is 0 Å². The number of methoxy groups -OCH3 is 1. The van der Waals surface area contributed by atoms with Crippen molar-refractivity contribution in [1.29, 1.82) is 0 Å². The number of H-pyrrole nitrogens is 1. The number of benzene rings is 1. The van der Waals surface area contributed by atoms with Gasteiger partial charge in [-0.3, -0.25) is 9.59 Å². The molecule has 2 N–H and O–H groups in total. The summed E-state index contributed by atoms with van der Waals surface area (Å²) in [4.78, 5) is 29.8. The number of aromatic amines is 1. The molecule has 0 bridgehead atoms. The molecular formula is C21H27N3O4. The van der Waals surface area contributed by atoms with Gasteiger partial charge in [0.2, 0.25) is 0 Å². The van der Waals surface area contributed by atoms with Crippen LogP contribution in [0.15, 0.2) is 18.2 Å². The summed E-state index contributed by atoms with van der Waals surface area (Å²) in [6.07, 6.45) is 2.60. The molecule has 0 saturated carbocycles. The molecule has 2 saturated heterocycles. The highest BCUT2D eigenvalue weighted by Gasteiger charge is 2.32. The van der Waals surface area contributed by atoms with E-state index >= 15 is 0 Å². The minimum Gasteiger partial charge on any atom is -0.469 e. The summed E-state index contributed by atoms with van der Waals surface area (Å²) in [7, 11) is 1.39. The summed E-state index contributed by atoms with van der Waals surface area (Å²) in [5, 5.41) is 4.63. The zero-order chi connectivity index (χ0) is 19.7. The Morgan fingerprint density at radius 2 is 2.00 bits per heavy atom. The number of nitrogens with one attached hydrogen (secondary N) is 2. The van der Waals surface area contributed by atoms with E-state index in [2.05, 4.69) is 29.4 Å². The fourth-order valence-electron chi connectivity index (χ4n) is 4.16. The Morgan fingerprint density at radius 3 is 2.75 bits per heavy atom. The monoisotopic (exact) mass is 385 g/mol. The second-order valence-corrected chi connectivity index (χ2v) is 7.75. The number of hydrogen-bond acceptors (Lipinski definition) is 5. The summed E-state index contributed by atoms with van der Waals surface area (Å²) < 4.78 is 10.3. The first-order chi connectivity index (χ1) is 13.5. The molecule has 28 heavy (non-hydrogen) atoms. The standard InChI is InChI=1S/C21H27N3O4/c1-13-9-15-11-18(20(25)24-6-3-14(12-24)21(26)27-2)23-19(15)17(10-13)22-16-4-7-28-8-5-16/h9-11,14,16,22-23H,3-8,12H2,1-2H3/t14-/m0/s1. The Kier molecular flexibility index (Phi) is 5.26. The molecule has 2 aliphatic rings. The van der Waals surface area contributed by atoms with Crippen LogP contribution in [0.4, 0.5) is 5.69 Å². The van der Waals surface area contributed by atoms with Crippen molar-refractivity contribution in [1.82, 2.24) is 9.88 Å². The molecule has 0 aliphatic carbocycles. The van der Waals surface area contributed by atoms with Crippen LogP contribution in [0.1, 0.15) is 35.3 Å². The molecule has 2 aliphatic heterocycles. The maximum atomic E-state index is 13.0. The van der Waals surface area contributed by atoms with E-state index in [4.69, 9.17) is 9.47 Å². The molecule has 0 unspecified atom stereocenters. The number of aromatic nitrogens is 1. The number of anilines is 1. The largest absolute Gasteiger partial charge is 0.469 e. The van der Waals surface area contributed by atoms with Crippen molar-refractivity contribution in [2.24, 2.45) is 5.92 Å². The number of carbonyl (C=O) groups excluding carboxylic acids is 2. The van der Waals surface area contributed by atoms with Gasteiger partial charge in [-0.15, -0.1) is 0 Å². The van der Waals surface area contributed by atoms with Gasteiger partial charge in [0.1, 0.15) is 5.69 Å². The molecule has 1 aromatic carbocycles. The van der Waals surface area contributed by atoms with E-state index in [1.165, 1.54) is 7.11 Å². The van der Waals surface area contributed by atoms with Gasteiger partial charge in [-0.05, 0) is 49.9 Å². The van der Waals surface area contributed by atoms with Gasteiger partial charge in [0.05, 0.1) is 24.2 Å². The molecule has 2 aromatic rings. The van der Waals surface area contributed by atoms with Crippen molar-refractivity contribution in [2.75, 3.05) is 38.7 Å². The quantitative estimate of drug-likeness (QED) is 0.791. The van der Waals surface area contributed by atoms with E-state index < -0.39 is 0 Å². The van der Waals surface area contributed by atoms with Crippen LogP contribution in [0.3, 0.4) is 0 Å². The van der Waals surface area contributed by atoms with Crippen LogP contribution in [0.5, 0.6) is 0 Å². The number of amides is 1. The predicted molar refractivity (Wildman–Crippen MR) is 107 cm³/mol. The lowest BCUT2D eigenvalue weighted by Crippen LogP contribution is -2.30. The molecule has 150 valence electrons. The number of esters is 1. The van der Waals surface area contributed by atoms with E-state index in [0.29, 0.717) is 31.2 Å². The zero-order valence-electron chi connectivity index (χ0n) is 16.4. The van der Waals surface area contributed by atoms with E-state index in [-0.39, 0.29) is 17.8 Å². The number of ether oxygens (including phenoxy) is 2. The lowest BCUT2D eigenvalue weighted by Gasteiger charge is -2.24. The second-order valence-electron chi connectivity index (χ2n) is 7.75. The van der Waals surface area contributed by atoms with Crippen molar-refractivity contribution < 1.29 is 19.1 Å². The highest BCUT2D eigenvalue weighted by atomic mass is 16.5. The van der Waals surface area contributed by atoms with E-state index in [1.807, 2.05) is 6.07 Å². The average Bonchev–Trinajstić information content (AvgIpc) is 3.35. The van der Waals surface area contributed by atoms with Crippen LogP contribution in [-0.4, -0.2) is 61.2 Å². The van der Waals surface area contributed by atoms with Crippen LogP contribution in [0, 0.1) is 12.8 Å². The van der Waals surface area contributed by atoms with Gasteiger partial charge < -0.3 is 24.7 Å². The number of aryl methyl sites for hydroxylation is 1. The van der Waals surface area contributed by atoms with Gasteiger partial charge in [0.25, 0.3) is 5.91 Å². The van der Waals surface area contributed by atoms with Crippen molar-refractivity contribution in [2.45, 2.75) is 32.2 Å². The maximum Gasteiger partial charge on any atom is 0.310 e. The number of carbonyl (C=O) groups is 2. The molecule has 0 radical (unpaired) electrons. The van der Waals surface area contributed by atoms with Gasteiger partial charge >= 0.3 is 5.97 Å². The Balaban J connectivity index is 1.56. The van der Waals surface area contributed by atoms with Crippen LogP contribution in [-0.2, 0) is 14.3 Å². The topological polar surface area (TPSA) is 83.7 Å². The number of rotatable bonds is 4. The van der Waals surface area contributed by atoms with Gasteiger partial charge in [-0.25, -0.2) is 0 Å². The summed E-state index contributed by atoms with van der Waals surface area (Å²) in [6, 6.07) is 6.48. The minimum atomic E-state index is -0.245. The first kappa shape index (κ1) is 18.8. The smallest absolute Gasteiger partial charge is 0.310 e. The predicted octanol–water partition coefficient (Wildman–Crippen LogP) is 2.70. The van der Waals surface area contributed by atoms with Crippen LogP contribution in [0.2, 0.25) is 0 Å². The first-order valence-corrected chi connectivity index (χ1v) is 9.90. The molecule has 4 rings (SSSR count). The highest BCUT2D eigenvalue weighted by Crippen LogP contribution is 2.29. The van der Waals surface area contributed by atoms with Gasteiger partial charge in [0, 0.05) is 37.7 Å². The van der Waals surface area contributed by atoms with Crippen LogP contribution in [0.25, 0.3) is 10.9 Å². The Morgan fingerprint density at radius 1 is 1.21 bits per heavy atom. The summed E-state index contributed by atoms with van der Waals surface area (Å²) in [5.74, 6) is -0.547. The van der Waals surface area contributed by atoms with E-state index in [1.54, 1.807) is 4.90 Å². The lowest BCUT2D eigenvalue weighted by molar-refractivity contribution is -0.144. The molecule has 0 spiro atoms. The Bertz CT molecular complexity index is 885. The van der Waals surface area contributed by atoms with Crippen molar-refractivity contribution in [3.8, 4) is 0 Å². The molecule has 1 aromatic heterocycles. The normalized spacial score (nSPS) is 20.5. The minimum absolute atomic E-state index is 0.0720. The third-order valence-electron chi connectivity index (χ3n) is 5.69. The zero-order valence-corrected chi connectivity index (χ0v) is 16.4. The Hall–Kier alpha value is -2.54. The number of hydrogen-bond donors (Lipinski definition) is 2. The van der Waals surface area contributed by atoms with Gasteiger partial charge in [-0.2, -0.15) is 0 Å². The van der Waals surface area contributed by atoms with Crippen molar-refractivity contribution in [3.05, 3.63) is 29.5 Å². The van der Waals surface area contributed by atoms with E-state index in [9.17, 15) is 9.59 Å². The molecule has 7 nitrogen and oxygen atoms in total. The fourth-order valence-corrected chi connectivity index (χ4v) is 4.16. The number of likely N-dealkylation sites (tertiary alicyclic amines) is 1. The third kappa shape index (κ3) is 3.71. The van der Waals surface area contributed by atoms with Crippen molar-refractivity contribution >= 4 is 28.5 Å². The van der Waals surface area contributed by atoms with Gasteiger partial charge in [0.15, 0.2) is 0 Å². The maximum absolute atomic E-state index is 13.0. The number of fused-ring (bicyclic) bond motifs is 1. The third-order valence-corrected chi connectivity index (χ3v) is 5.69. The van der Waals surface area contributed by atoms with Gasteiger partial charge in [-0.1, -0.05) is 0 Å². The molecule has 2 fully saturated rings.